The van der Waals surface area contributed by atoms with Crippen LogP contribution in [-0.4, -0.2) is 83.4 Å². The van der Waals surface area contributed by atoms with Gasteiger partial charge in [0.05, 0.1) is 28.9 Å². The van der Waals surface area contributed by atoms with Crippen molar-refractivity contribution in [2.45, 2.75) is 37.6 Å². The van der Waals surface area contributed by atoms with Gasteiger partial charge >= 0.3 is 6.01 Å². The first-order chi connectivity index (χ1) is 22.4. The highest BCUT2D eigenvalue weighted by molar-refractivity contribution is 6.06. The van der Waals surface area contributed by atoms with Crippen LogP contribution in [0.15, 0.2) is 59.4 Å². The fourth-order valence-corrected chi connectivity index (χ4v) is 7.14. The molecule has 3 aliphatic heterocycles. The molecule has 4 aromatic rings. The maximum Gasteiger partial charge on any atom is 0.319 e. The number of ether oxygens (including phenoxy) is 1. The number of hydrogen-bond acceptors (Lipinski definition) is 9. The molecule has 7 rings (SSSR count). The molecule has 2 fully saturated rings. The van der Waals surface area contributed by atoms with Crippen molar-refractivity contribution in [1.82, 2.24) is 25.2 Å². The van der Waals surface area contributed by atoms with Crippen molar-refractivity contribution < 1.29 is 18.3 Å². The Morgan fingerprint density at radius 2 is 1.87 bits per heavy atom. The molecule has 238 valence electrons. The molecule has 0 bridgehead atoms. The van der Waals surface area contributed by atoms with Crippen molar-refractivity contribution in [3.05, 3.63) is 66.0 Å². The summed E-state index contributed by atoms with van der Waals surface area (Å²) in [6.07, 6.45) is 8.08. The van der Waals surface area contributed by atoms with E-state index in [0.717, 1.165) is 38.8 Å². The van der Waals surface area contributed by atoms with Gasteiger partial charge in [-0.25, -0.2) is 8.78 Å². The molecule has 5 heterocycles. The minimum Gasteiger partial charge on any atom is -0.461 e. The van der Waals surface area contributed by atoms with E-state index in [0.29, 0.717) is 54.0 Å². The van der Waals surface area contributed by atoms with Gasteiger partial charge in [-0.1, -0.05) is 30.3 Å². The smallest absolute Gasteiger partial charge is 0.319 e. The standard InChI is InChI=1S/C34H36F2N8O2/c1-38-32(45)26(37)17-22-19-43(14-6-13-39-22)31-24-18-40-29(23-9-2-7-21-8-3-10-25(35)27(21)23)28(36)30(24)41-33(42-31)46-20-34-11-4-15-44(34)16-5-12-34/h2-3,7-10,17-18H,4-6,11-16,19-20,37H2,1H3,(H,38,45). The third-order valence-corrected chi connectivity index (χ3v) is 9.40. The van der Waals surface area contributed by atoms with Crippen LogP contribution in [-0.2, 0) is 4.79 Å². The summed E-state index contributed by atoms with van der Waals surface area (Å²) >= 11 is 0. The Morgan fingerprint density at radius 3 is 2.65 bits per heavy atom. The van der Waals surface area contributed by atoms with E-state index in [4.69, 9.17) is 15.5 Å². The average Bonchev–Trinajstić information content (AvgIpc) is 3.57. The number of aliphatic imine (C=N–C) groups is 1. The van der Waals surface area contributed by atoms with Crippen LogP contribution >= 0.6 is 0 Å². The first-order valence-electron chi connectivity index (χ1n) is 15.8. The summed E-state index contributed by atoms with van der Waals surface area (Å²) in [5.41, 5.74) is 6.94. The van der Waals surface area contributed by atoms with Gasteiger partial charge in [-0.05, 0) is 62.7 Å². The second kappa shape index (κ2) is 12.2. The van der Waals surface area contributed by atoms with Crippen molar-refractivity contribution in [3.8, 4) is 17.3 Å². The molecule has 0 spiro atoms. The van der Waals surface area contributed by atoms with E-state index >= 15 is 8.78 Å². The van der Waals surface area contributed by atoms with E-state index in [-0.39, 0.29) is 40.4 Å². The van der Waals surface area contributed by atoms with Crippen LogP contribution in [0, 0.1) is 11.6 Å². The lowest BCUT2D eigenvalue weighted by molar-refractivity contribution is -0.117. The summed E-state index contributed by atoms with van der Waals surface area (Å²) in [5, 5.41) is 3.84. The largest absolute Gasteiger partial charge is 0.461 e. The number of halogens is 2. The molecule has 0 radical (unpaired) electrons. The number of fused-ring (bicyclic) bond motifs is 3. The van der Waals surface area contributed by atoms with E-state index in [1.807, 2.05) is 4.90 Å². The summed E-state index contributed by atoms with van der Waals surface area (Å²) in [4.78, 5) is 35.1. The number of anilines is 1. The Labute approximate surface area is 265 Å². The van der Waals surface area contributed by atoms with Gasteiger partial charge in [-0.3, -0.25) is 19.7 Å². The number of rotatable bonds is 7. The van der Waals surface area contributed by atoms with Crippen LogP contribution in [0.2, 0.25) is 0 Å². The Hall–Kier alpha value is -4.71. The zero-order valence-corrected chi connectivity index (χ0v) is 25.7. The third-order valence-electron chi connectivity index (χ3n) is 9.40. The fraction of sp³-hybridized carbons (Fsp3) is 0.382. The lowest BCUT2D eigenvalue weighted by Gasteiger charge is -2.31. The van der Waals surface area contributed by atoms with Gasteiger partial charge in [0.1, 0.15) is 29.5 Å². The number of nitrogens with zero attached hydrogens (tertiary/aromatic N) is 6. The summed E-state index contributed by atoms with van der Waals surface area (Å²) < 4.78 is 38.1. The van der Waals surface area contributed by atoms with Gasteiger partial charge in [0.25, 0.3) is 5.91 Å². The van der Waals surface area contributed by atoms with Crippen molar-refractivity contribution in [3.63, 3.8) is 0 Å². The van der Waals surface area contributed by atoms with Gasteiger partial charge in [0.15, 0.2) is 5.82 Å². The maximum atomic E-state index is 16.7. The lowest BCUT2D eigenvalue weighted by atomic mass is 9.95. The SMILES string of the molecule is CNC(=O)C(N)=CC1=NCCCN(c2nc(OCC34CCCN3CCC4)nc3c(F)c(-c4cccc5cccc(F)c45)ncc23)C1. The van der Waals surface area contributed by atoms with E-state index in [1.54, 1.807) is 36.4 Å². The van der Waals surface area contributed by atoms with Crippen molar-refractivity contribution >= 4 is 39.1 Å². The number of carbonyl (C=O) groups is 1. The van der Waals surface area contributed by atoms with Crippen molar-refractivity contribution in [2.75, 3.05) is 51.3 Å². The number of aromatic nitrogens is 3. The molecular weight excluding hydrogens is 590 g/mol. The molecule has 0 aliphatic carbocycles. The molecule has 1 amide bonds. The predicted molar refractivity (Wildman–Crippen MR) is 174 cm³/mol. The summed E-state index contributed by atoms with van der Waals surface area (Å²) in [6, 6.07) is 10.0. The Morgan fingerprint density at radius 1 is 1.09 bits per heavy atom. The number of amides is 1. The number of nitrogens with one attached hydrogen (secondary N) is 1. The second-order valence-corrected chi connectivity index (χ2v) is 12.2. The zero-order chi connectivity index (χ0) is 31.8. The number of benzene rings is 2. The Balaban J connectivity index is 1.34. The first-order valence-corrected chi connectivity index (χ1v) is 15.8. The normalized spacial score (nSPS) is 18.5. The minimum absolute atomic E-state index is 0.00504. The minimum atomic E-state index is -0.684. The zero-order valence-electron chi connectivity index (χ0n) is 25.7. The molecule has 0 atom stereocenters. The molecule has 2 saturated heterocycles. The molecule has 12 heteroatoms. The Kier molecular flexibility index (Phi) is 7.97. The molecule has 0 saturated carbocycles. The Bertz CT molecular complexity index is 1880. The molecule has 10 nitrogen and oxygen atoms in total. The van der Waals surface area contributed by atoms with E-state index < -0.39 is 17.5 Å². The molecule has 3 N–H and O–H groups in total. The number of carbonyl (C=O) groups excluding carboxylic acids is 1. The quantitative estimate of drug-likeness (QED) is 0.290. The fourth-order valence-electron chi connectivity index (χ4n) is 7.14. The van der Waals surface area contributed by atoms with E-state index in [1.165, 1.54) is 19.3 Å². The summed E-state index contributed by atoms with van der Waals surface area (Å²) in [6.45, 7) is 3.85. The van der Waals surface area contributed by atoms with Crippen LogP contribution in [0.25, 0.3) is 32.9 Å². The molecule has 0 unspecified atom stereocenters. The highest BCUT2D eigenvalue weighted by Gasteiger charge is 2.45. The molecule has 2 aromatic heterocycles. The monoisotopic (exact) mass is 626 g/mol. The summed E-state index contributed by atoms with van der Waals surface area (Å²) in [7, 11) is 1.51. The van der Waals surface area contributed by atoms with Crippen LogP contribution < -0.4 is 20.7 Å². The third kappa shape index (κ3) is 5.40. The number of hydrogen-bond donors (Lipinski definition) is 2. The first kappa shape index (κ1) is 30.0. The average molecular weight is 627 g/mol. The van der Waals surface area contributed by atoms with Crippen LogP contribution in [0.3, 0.4) is 0 Å². The van der Waals surface area contributed by atoms with Crippen LogP contribution in [0.4, 0.5) is 14.6 Å². The van der Waals surface area contributed by atoms with Gasteiger partial charge < -0.3 is 20.7 Å². The maximum absolute atomic E-state index is 16.7. The van der Waals surface area contributed by atoms with Crippen LogP contribution in [0.1, 0.15) is 32.1 Å². The van der Waals surface area contributed by atoms with Gasteiger partial charge in [-0.15, -0.1) is 0 Å². The van der Waals surface area contributed by atoms with Gasteiger partial charge in [0, 0.05) is 37.3 Å². The molecule has 3 aliphatic rings. The summed E-state index contributed by atoms with van der Waals surface area (Å²) in [5.74, 6) is -1.11. The van der Waals surface area contributed by atoms with Crippen molar-refractivity contribution in [1.29, 1.82) is 0 Å². The van der Waals surface area contributed by atoms with Crippen molar-refractivity contribution in [2.24, 2.45) is 10.7 Å². The number of nitrogens with two attached hydrogens (primary N) is 1. The topological polar surface area (TPSA) is 122 Å². The highest BCUT2D eigenvalue weighted by Crippen LogP contribution is 2.40. The predicted octanol–water partition coefficient (Wildman–Crippen LogP) is 4.37. The van der Waals surface area contributed by atoms with Crippen LogP contribution in [0.5, 0.6) is 6.01 Å². The second-order valence-electron chi connectivity index (χ2n) is 12.2. The number of pyridine rings is 1. The molecule has 46 heavy (non-hydrogen) atoms. The van der Waals surface area contributed by atoms with Gasteiger partial charge in [-0.2, -0.15) is 9.97 Å². The highest BCUT2D eigenvalue weighted by atomic mass is 19.1. The van der Waals surface area contributed by atoms with E-state index in [9.17, 15) is 4.79 Å². The molecule has 2 aromatic carbocycles. The molecular formula is C34H36F2N8O2. The van der Waals surface area contributed by atoms with E-state index in [2.05, 4.69) is 25.2 Å². The lowest BCUT2D eigenvalue weighted by Crippen LogP contribution is -2.43. The van der Waals surface area contributed by atoms with Gasteiger partial charge in [0.2, 0.25) is 0 Å². The number of likely N-dealkylation sites (N-methyl/N-ethyl adjacent to an activating group) is 1.